The molecule has 1 aromatic carbocycles. The number of aromatic nitrogens is 2. The standard InChI is InChI=1S/C20H23ClN4O2S/c1-22(2)9-10-24-19-17(15-7-8-23(3)12-16(15)28-19)18(26)25(20(24)27)14-6-4-5-13(21)11-14/h4-6,11H,7-10,12H2,1-3H3. The average molecular weight is 419 g/mol. The van der Waals surface area contributed by atoms with Gasteiger partial charge in [-0.1, -0.05) is 17.7 Å². The number of benzene rings is 1. The Morgan fingerprint density at radius 1 is 1.25 bits per heavy atom. The summed E-state index contributed by atoms with van der Waals surface area (Å²) >= 11 is 7.72. The van der Waals surface area contributed by atoms with Gasteiger partial charge in [-0.25, -0.2) is 9.36 Å². The molecule has 8 heteroatoms. The van der Waals surface area contributed by atoms with E-state index in [0.717, 1.165) is 29.9 Å². The van der Waals surface area contributed by atoms with Crippen molar-refractivity contribution in [1.29, 1.82) is 0 Å². The second kappa shape index (κ2) is 7.48. The quantitative estimate of drug-likeness (QED) is 0.653. The van der Waals surface area contributed by atoms with Crippen molar-refractivity contribution in [2.75, 3.05) is 34.2 Å². The molecule has 4 rings (SSSR count). The first kappa shape index (κ1) is 19.4. The summed E-state index contributed by atoms with van der Waals surface area (Å²) in [6, 6.07) is 6.92. The highest BCUT2D eigenvalue weighted by Gasteiger charge is 2.25. The van der Waals surface area contributed by atoms with Crippen LogP contribution in [0.3, 0.4) is 0 Å². The molecule has 1 aliphatic rings. The van der Waals surface area contributed by atoms with E-state index in [1.54, 1.807) is 40.2 Å². The van der Waals surface area contributed by atoms with Gasteiger partial charge in [0.05, 0.1) is 11.1 Å². The molecule has 0 fully saturated rings. The molecule has 0 N–H and O–H groups in total. The molecule has 3 aromatic rings. The highest BCUT2D eigenvalue weighted by atomic mass is 35.5. The molecule has 0 saturated carbocycles. The minimum absolute atomic E-state index is 0.245. The molecule has 148 valence electrons. The van der Waals surface area contributed by atoms with E-state index in [4.69, 9.17) is 11.6 Å². The smallest absolute Gasteiger partial charge is 0.308 e. The number of thiophene rings is 1. The van der Waals surface area contributed by atoms with Crippen molar-refractivity contribution in [1.82, 2.24) is 18.9 Å². The first-order valence-corrected chi connectivity index (χ1v) is 10.5. The zero-order valence-electron chi connectivity index (χ0n) is 16.2. The lowest BCUT2D eigenvalue weighted by Crippen LogP contribution is -2.40. The molecule has 0 saturated heterocycles. The minimum atomic E-state index is -0.312. The zero-order chi connectivity index (χ0) is 20.0. The van der Waals surface area contributed by atoms with Crippen LogP contribution in [-0.4, -0.2) is 53.2 Å². The molecule has 0 atom stereocenters. The van der Waals surface area contributed by atoms with Gasteiger partial charge in [0, 0.05) is 36.1 Å². The van der Waals surface area contributed by atoms with Crippen LogP contribution in [0.5, 0.6) is 0 Å². The van der Waals surface area contributed by atoms with Crippen LogP contribution in [-0.2, 0) is 19.5 Å². The molecule has 0 spiro atoms. The van der Waals surface area contributed by atoms with Crippen molar-refractivity contribution in [2.45, 2.75) is 19.5 Å². The van der Waals surface area contributed by atoms with Crippen LogP contribution in [0, 0.1) is 0 Å². The van der Waals surface area contributed by atoms with Crippen LogP contribution < -0.4 is 11.2 Å². The Balaban J connectivity index is 2.05. The first-order chi connectivity index (χ1) is 13.4. The first-order valence-electron chi connectivity index (χ1n) is 9.26. The maximum atomic E-state index is 13.5. The number of hydrogen-bond donors (Lipinski definition) is 0. The van der Waals surface area contributed by atoms with E-state index in [1.807, 2.05) is 19.0 Å². The number of rotatable bonds is 4. The van der Waals surface area contributed by atoms with E-state index in [1.165, 1.54) is 9.44 Å². The summed E-state index contributed by atoms with van der Waals surface area (Å²) in [4.78, 5) is 33.1. The van der Waals surface area contributed by atoms with Gasteiger partial charge in [-0.15, -0.1) is 11.3 Å². The summed E-state index contributed by atoms with van der Waals surface area (Å²) in [6.45, 7) is 2.96. The summed E-state index contributed by atoms with van der Waals surface area (Å²) < 4.78 is 3.02. The molecule has 0 bridgehead atoms. The minimum Gasteiger partial charge on any atom is -0.308 e. The van der Waals surface area contributed by atoms with Crippen LogP contribution >= 0.6 is 22.9 Å². The van der Waals surface area contributed by atoms with Gasteiger partial charge in [-0.3, -0.25) is 9.36 Å². The van der Waals surface area contributed by atoms with Gasteiger partial charge in [-0.05, 0) is 51.3 Å². The van der Waals surface area contributed by atoms with E-state index in [-0.39, 0.29) is 11.2 Å². The Morgan fingerprint density at radius 3 is 2.75 bits per heavy atom. The topological polar surface area (TPSA) is 50.5 Å². The van der Waals surface area contributed by atoms with Gasteiger partial charge in [0.15, 0.2) is 0 Å². The third-order valence-electron chi connectivity index (χ3n) is 5.15. The maximum Gasteiger partial charge on any atom is 0.336 e. The molecule has 0 aliphatic carbocycles. The lowest BCUT2D eigenvalue weighted by atomic mass is 10.1. The van der Waals surface area contributed by atoms with Crippen LogP contribution in [0.15, 0.2) is 33.9 Å². The second-order valence-electron chi connectivity index (χ2n) is 7.53. The van der Waals surface area contributed by atoms with Gasteiger partial charge >= 0.3 is 5.69 Å². The van der Waals surface area contributed by atoms with Crippen molar-refractivity contribution >= 4 is 33.2 Å². The lowest BCUT2D eigenvalue weighted by Gasteiger charge is -2.21. The van der Waals surface area contributed by atoms with Crippen LogP contribution in [0.4, 0.5) is 0 Å². The summed E-state index contributed by atoms with van der Waals surface area (Å²) in [5.41, 5.74) is 1.05. The predicted molar refractivity (Wildman–Crippen MR) is 115 cm³/mol. The third-order valence-corrected chi connectivity index (χ3v) is 6.63. The Kier molecular flexibility index (Phi) is 5.18. The van der Waals surface area contributed by atoms with Crippen molar-refractivity contribution in [3.8, 4) is 5.69 Å². The molecular weight excluding hydrogens is 396 g/mol. The molecule has 6 nitrogen and oxygen atoms in total. The summed E-state index contributed by atoms with van der Waals surface area (Å²) in [7, 11) is 6.03. The fourth-order valence-corrected chi connectivity index (χ4v) is 5.30. The Bertz CT molecular complexity index is 1160. The largest absolute Gasteiger partial charge is 0.336 e. The number of likely N-dealkylation sites (N-methyl/N-ethyl adjacent to an activating group) is 2. The highest BCUT2D eigenvalue weighted by Crippen LogP contribution is 2.32. The van der Waals surface area contributed by atoms with Gasteiger partial charge in [0.2, 0.25) is 0 Å². The van der Waals surface area contributed by atoms with Crippen LogP contribution in [0.2, 0.25) is 5.02 Å². The molecule has 2 aromatic heterocycles. The lowest BCUT2D eigenvalue weighted by molar-refractivity contribution is 0.318. The van der Waals surface area contributed by atoms with Gasteiger partial charge in [-0.2, -0.15) is 0 Å². The number of hydrogen-bond acceptors (Lipinski definition) is 5. The van der Waals surface area contributed by atoms with E-state index in [9.17, 15) is 9.59 Å². The zero-order valence-corrected chi connectivity index (χ0v) is 17.8. The Labute approximate surface area is 172 Å². The van der Waals surface area contributed by atoms with Gasteiger partial charge in [0.25, 0.3) is 5.56 Å². The summed E-state index contributed by atoms with van der Waals surface area (Å²) in [6.07, 6.45) is 0.822. The normalized spacial score (nSPS) is 14.8. The van der Waals surface area contributed by atoms with Crippen molar-refractivity contribution in [2.24, 2.45) is 0 Å². The van der Waals surface area contributed by atoms with Crippen molar-refractivity contribution < 1.29 is 0 Å². The second-order valence-corrected chi connectivity index (χ2v) is 9.05. The summed E-state index contributed by atoms with van der Waals surface area (Å²) in [5.74, 6) is 0. The number of nitrogens with zero attached hydrogens (tertiary/aromatic N) is 4. The van der Waals surface area contributed by atoms with Crippen LogP contribution in [0.25, 0.3) is 15.9 Å². The van der Waals surface area contributed by atoms with Gasteiger partial charge < -0.3 is 9.80 Å². The fraction of sp³-hybridized carbons (Fsp3) is 0.400. The molecule has 0 unspecified atom stereocenters. The predicted octanol–water partition coefficient (Wildman–Crippen LogP) is 2.42. The summed E-state index contributed by atoms with van der Waals surface area (Å²) in [5, 5.41) is 1.18. The molecular formula is C20H23ClN4O2S. The molecule has 0 radical (unpaired) electrons. The van der Waals surface area contributed by atoms with E-state index in [0.29, 0.717) is 29.2 Å². The van der Waals surface area contributed by atoms with Gasteiger partial charge in [0.1, 0.15) is 4.83 Å². The van der Waals surface area contributed by atoms with E-state index < -0.39 is 0 Å². The number of halogens is 1. The molecule has 1 aliphatic heterocycles. The average Bonchev–Trinajstić information content (AvgIpc) is 3.00. The molecule has 0 amide bonds. The Hall–Kier alpha value is -1.93. The third kappa shape index (κ3) is 3.33. The fourth-order valence-electron chi connectivity index (χ4n) is 3.67. The Morgan fingerprint density at radius 2 is 2.04 bits per heavy atom. The number of fused-ring (bicyclic) bond motifs is 3. The van der Waals surface area contributed by atoms with E-state index >= 15 is 0 Å². The molecule has 3 heterocycles. The maximum absolute atomic E-state index is 13.5. The monoisotopic (exact) mass is 418 g/mol. The van der Waals surface area contributed by atoms with E-state index in [2.05, 4.69) is 11.9 Å². The molecule has 28 heavy (non-hydrogen) atoms. The highest BCUT2D eigenvalue weighted by molar-refractivity contribution is 7.18. The van der Waals surface area contributed by atoms with Crippen molar-refractivity contribution in [3.05, 3.63) is 60.6 Å². The van der Waals surface area contributed by atoms with Crippen molar-refractivity contribution in [3.63, 3.8) is 0 Å². The van der Waals surface area contributed by atoms with Crippen LogP contribution in [0.1, 0.15) is 10.4 Å². The SMILES string of the molecule is CN(C)CCn1c(=O)n(-c2cccc(Cl)c2)c(=O)c2c3c(sc21)CN(C)CC3.